The molecule has 202 valence electrons. The number of ether oxygens (including phenoxy) is 2. The summed E-state index contributed by atoms with van der Waals surface area (Å²) in [6.45, 7) is 7.91. The Bertz CT molecular complexity index is 986. The molecule has 0 N–H and O–H groups in total. The van der Waals surface area contributed by atoms with Gasteiger partial charge in [-0.2, -0.15) is 0 Å². The van der Waals surface area contributed by atoms with Gasteiger partial charge in [-0.15, -0.1) is 0 Å². The highest BCUT2D eigenvalue weighted by atomic mass is 16.6. The van der Waals surface area contributed by atoms with Gasteiger partial charge in [0.15, 0.2) is 5.75 Å². The number of benzene rings is 1. The minimum absolute atomic E-state index is 0.0288. The van der Waals surface area contributed by atoms with Crippen LogP contribution in [0.25, 0.3) is 10.9 Å². The van der Waals surface area contributed by atoms with Crippen molar-refractivity contribution in [2.24, 2.45) is 0 Å². The summed E-state index contributed by atoms with van der Waals surface area (Å²) in [5, 5.41) is 12.2. The van der Waals surface area contributed by atoms with Crippen LogP contribution in [0.15, 0.2) is 23.0 Å². The van der Waals surface area contributed by atoms with E-state index in [4.69, 9.17) is 9.47 Å². The molecular formula is C29H46N2O5. The lowest BCUT2D eigenvalue weighted by molar-refractivity contribution is -0.384. The topological polar surface area (TPSA) is 83.6 Å². The molecule has 0 radical (unpaired) electrons. The third-order valence-electron chi connectivity index (χ3n) is 6.60. The van der Waals surface area contributed by atoms with Crippen molar-refractivity contribution in [1.29, 1.82) is 0 Å². The number of pyridine rings is 1. The van der Waals surface area contributed by atoms with E-state index in [-0.39, 0.29) is 17.0 Å². The zero-order valence-electron chi connectivity index (χ0n) is 22.7. The van der Waals surface area contributed by atoms with E-state index in [0.29, 0.717) is 36.4 Å². The van der Waals surface area contributed by atoms with Crippen molar-refractivity contribution >= 4 is 16.6 Å². The van der Waals surface area contributed by atoms with Crippen LogP contribution in [0.2, 0.25) is 0 Å². The third-order valence-corrected chi connectivity index (χ3v) is 6.60. The van der Waals surface area contributed by atoms with Gasteiger partial charge in [-0.1, -0.05) is 91.4 Å². The van der Waals surface area contributed by atoms with E-state index in [0.717, 1.165) is 44.9 Å². The fraction of sp³-hybridized carbons (Fsp3) is 0.690. The highest BCUT2D eigenvalue weighted by molar-refractivity contribution is 5.89. The molecular weight excluding hydrogens is 456 g/mol. The van der Waals surface area contributed by atoms with E-state index in [1.165, 1.54) is 57.1 Å². The Morgan fingerprint density at radius 1 is 0.750 bits per heavy atom. The molecule has 0 saturated carbocycles. The standard InChI is InChI=1S/C29H46N2O5/c1-4-7-10-12-14-16-20-30-26-23-24(31(33)34)18-19-25(26)27(35-21-9-6-3)28(29(30)32)36-22-17-15-13-11-8-5-2/h18-19,23H,4-17,20-22H2,1-3H3. The molecule has 1 aromatic heterocycles. The van der Waals surface area contributed by atoms with Crippen molar-refractivity contribution in [2.45, 2.75) is 117 Å². The van der Waals surface area contributed by atoms with Gasteiger partial charge in [0.1, 0.15) is 0 Å². The van der Waals surface area contributed by atoms with Crippen molar-refractivity contribution in [3.05, 3.63) is 38.7 Å². The van der Waals surface area contributed by atoms with Crippen LogP contribution in [0.4, 0.5) is 5.69 Å². The van der Waals surface area contributed by atoms with Gasteiger partial charge in [0, 0.05) is 24.1 Å². The molecule has 36 heavy (non-hydrogen) atoms. The maximum atomic E-state index is 13.7. The Morgan fingerprint density at radius 2 is 1.31 bits per heavy atom. The fourth-order valence-corrected chi connectivity index (χ4v) is 4.42. The molecule has 7 nitrogen and oxygen atoms in total. The van der Waals surface area contributed by atoms with Gasteiger partial charge in [0.25, 0.3) is 11.2 Å². The monoisotopic (exact) mass is 502 g/mol. The maximum absolute atomic E-state index is 13.7. The largest absolute Gasteiger partial charge is 0.489 e. The van der Waals surface area contributed by atoms with E-state index < -0.39 is 4.92 Å². The average Bonchev–Trinajstić information content (AvgIpc) is 2.87. The molecule has 0 aliphatic rings. The number of nitro groups is 1. The Balaban J connectivity index is 2.36. The molecule has 0 saturated heterocycles. The zero-order chi connectivity index (χ0) is 26.2. The molecule has 0 aliphatic heterocycles. The molecule has 1 aromatic carbocycles. The minimum Gasteiger partial charge on any atom is -0.489 e. The lowest BCUT2D eigenvalue weighted by Gasteiger charge is -2.19. The molecule has 2 rings (SSSR count). The van der Waals surface area contributed by atoms with Gasteiger partial charge < -0.3 is 14.0 Å². The first-order valence-corrected chi connectivity index (χ1v) is 14.2. The summed E-state index contributed by atoms with van der Waals surface area (Å²) in [6, 6.07) is 4.67. The molecule has 2 aromatic rings. The number of nitrogens with zero attached hydrogens (tertiary/aromatic N) is 2. The van der Waals surface area contributed by atoms with Gasteiger partial charge >= 0.3 is 0 Å². The number of fused-ring (bicyclic) bond motifs is 1. The van der Waals surface area contributed by atoms with Crippen LogP contribution in [0.1, 0.15) is 111 Å². The summed E-state index contributed by atoms with van der Waals surface area (Å²) >= 11 is 0. The molecule has 0 fully saturated rings. The molecule has 0 atom stereocenters. The second kappa shape index (κ2) is 17.0. The molecule has 0 spiro atoms. The number of unbranched alkanes of at least 4 members (excludes halogenated alkanes) is 11. The van der Waals surface area contributed by atoms with Gasteiger partial charge in [0.05, 0.1) is 23.7 Å². The summed E-state index contributed by atoms with van der Waals surface area (Å²) < 4.78 is 13.9. The number of non-ortho nitro benzene ring substituents is 1. The van der Waals surface area contributed by atoms with Crippen molar-refractivity contribution in [3.63, 3.8) is 0 Å². The van der Waals surface area contributed by atoms with Crippen molar-refractivity contribution < 1.29 is 14.4 Å². The number of hydrogen-bond donors (Lipinski definition) is 0. The zero-order valence-corrected chi connectivity index (χ0v) is 22.7. The fourth-order valence-electron chi connectivity index (χ4n) is 4.42. The van der Waals surface area contributed by atoms with Crippen molar-refractivity contribution in [1.82, 2.24) is 4.57 Å². The average molecular weight is 503 g/mol. The Labute approximate surface area is 216 Å². The smallest absolute Gasteiger partial charge is 0.297 e. The summed E-state index contributed by atoms with van der Waals surface area (Å²) in [6.07, 6.45) is 15.2. The van der Waals surface area contributed by atoms with Crippen molar-refractivity contribution in [3.8, 4) is 11.5 Å². The van der Waals surface area contributed by atoms with Crippen LogP contribution in [-0.2, 0) is 6.54 Å². The quantitative estimate of drug-likeness (QED) is 0.103. The van der Waals surface area contributed by atoms with Crippen LogP contribution >= 0.6 is 0 Å². The predicted octanol–water partition coefficient (Wildman–Crippen LogP) is 8.19. The molecule has 0 bridgehead atoms. The van der Waals surface area contributed by atoms with E-state index in [9.17, 15) is 14.9 Å². The van der Waals surface area contributed by atoms with E-state index in [1.54, 1.807) is 10.6 Å². The second-order valence-corrected chi connectivity index (χ2v) is 9.66. The Morgan fingerprint density at radius 3 is 1.94 bits per heavy atom. The summed E-state index contributed by atoms with van der Waals surface area (Å²) in [5.74, 6) is 0.663. The van der Waals surface area contributed by atoms with E-state index in [1.807, 2.05) is 0 Å². The SMILES string of the molecule is CCCCCCCCOc1c(OCCCC)c2ccc([N+](=O)[O-])cc2n(CCCCCCCC)c1=O. The lowest BCUT2D eigenvalue weighted by Crippen LogP contribution is -2.24. The van der Waals surface area contributed by atoms with Crippen LogP contribution in [0.3, 0.4) is 0 Å². The predicted molar refractivity (Wildman–Crippen MR) is 148 cm³/mol. The molecule has 0 unspecified atom stereocenters. The summed E-state index contributed by atoms with van der Waals surface area (Å²) in [7, 11) is 0. The summed E-state index contributed by atoms with van der Waals surface area (Å²) in [5.41, 5.74) is 0.258. The van der Waals surface area contributed by atoms with Crippen LogP contribution in [0, 0.1) is 10.1 Å². The normalized spacial score (nSPS) is 11.2. The Kier molecular flexibility index (Phi) is 14.0. The molecule has 7 heteroatoms. The third kappa shape index (κ3) is 9.14. The van der Waals surface area contributed by atoms with Crippen molar-refractivity contribution in [2.75, 3.05) is 13.2 Å². The van der Waals surface area contributed by atoms with Gasteiger partial charge in [-0.25, -0.2) is 0 Å². The van der Waals surface area contributed by atoms with Gasteiger partial charge in [-0.3, -0.25) is 14.9 Å². The van der Waals surface area contributed by atoms with E-state index >= 15 is 0 Å². The van der Waals surface area contributed by atoms with Gasteiger partial charge in [0.2, 0.25) is 5.75 Å². The first kappa shape index (κ1) is 29.7. The van der Waals surface area contributed by atoms with Gasteiger partial charge in [-0.05, 0) is 25.3 Å². The van der Waals surface area contributed by atoms with Crippen LogP contribution < -0.4 is 15.0 Å². The summed E-state index contributed by atoms with van der Waals surface area (Å²) in [4.78, 5) is 24.8. The highest BCUT2D eigenvalue weighted by Gasteiger charge is 2.22. The van der Waals surface area contributed by atoms with E-state index in [2.05, 4.69) is 20.8 Å². The Hall–Kier alpha value is -2.57. The highest BCUT2D eigenvalue weighted by Crippen LogP contribution is 2.35. The first-order chi connectivity index (χ1) is 17.5. The maximum Gasteiger partial charge on any atom is 0.297 e. The number of aromatic nitrogens is 1. The molecule has 0 amide bonds. The minimum atomic E-state index is -0.417. The number of nitro benzene ring substituents is 1. The molecule has 0 aliphatic carbocycles. The van der Waals surface area contributed by atoms with Crippen LogP contribution in [0.5, 0.6) is 11.5 Å². The first-order valence-electron chi connectivity index (χ1n) is 14.2. The number of hydrogen-bond acceptors (Lipinski definition) is 5. The van der Waals surface area contributed by atoms with Crippen LogP contribution in [-0.4, -0.2) is 22.7 Å². The number of rotatable bonds is 20. The number of aryl methyl sites for hydroxylation is 1. The lowest BCUT2D eigenvalue weighted by atomic mass is 10.1. The second-order valence-electron chi connectivity index (χ2n) is 9.66. The molecule has 1 heterocycles.